The van der Waals surface area contributed by atoms with Crippen molar-refractivity contribution >= 4 is 40.8 Å². The fraction of sp³-hybridized carbons (Fsp3) is 0.400. The van der Waals surface area contributed by atoms with Gasteiger partial charge in [-0.2, -0.15) is 0 Å². The molecule has 0 spiro atoms. The van der Waals surface area contributed by atoms with Crippen molar-refractivity contribution in [2.75, 3.05) is 36.0 Å². The summed E-state index contributed by atoms with van der Waals surface area (Å²) in [6.45, 7) is 2.24. The number of anilines is 2. The van der Waals surface area contributed by atoms with Crippen molar-refractivity contribution in [2.45, 2.75) is 13.0 Å². The van der Waals surface area contributed by atoms with Crippen LogP contribution in [0.5, 0.6) is 0 Å². The zero-order chi connectivity index (χ0) is 18.1. The Bertz CT molecular complexity index is 722. The lowest BCUT2D eigenvalue weighted by molar-refractivity contribution is 0.143. The van der Waals surface area contributed by atoms with Crippen LogP contribution < -0.4 is 15.1 Å². The Morgan fingerprint density at radius 1 is 1.28 bits per heavy atom. The van der Waals surface area contributed by atoms with Crippen molar-refractivity contribution in [1.82, 2.24) is 5.32 Å². The van der Waals surface area contributed by atoms with Crippen LogP contribution in [0, 0.1) is 11.6 Å². The second-order valence-corrected chi connectivity index (χ2v) is 6.19. The highest BCUT2D eigenvalue weighted by Crippen LogP contribution is 2.32. The number of cyclic esters (lactones) is 2. The predicted molar refractivity (Wildman–Crippen MR) is 88.9 cm³/mol. The van der Waals surface area contributed by atoms with E-state index in [2.05, 4.69) is 10.1 Å². The molecule has 1 aromatic carbocycles. The van der Waals surface area contributed by atoms with Crippen molar-refractivity contribution < 1.29 is 27.8 Å². The summed E-state index contributed by atoms with van der Waals surface area (Å²) in [5.74, 6) is -1.92. The number of ether oxygens (including phenoxy) is 2. The average Bonchev–Trinajstić information content (AvgIpc) is 3.11. The Balaban J connectivity index is 1.80. The van der Waals surface area contributed by atoms with Crippen LogP contribution in [0.3, 0.4) is 0 Å². The molecule has 2 saturated heterocycles. The van der Waals surface area contributed by atoms with Crippen molar-refractivity contribution in [3.63, 3.8) is 0 Å². The van der Waals surface area contributed by atoms with E-state index in [1.807, 2.05) is 0 Å². The second-order valence-electron chi connectivity index (χ2n) is 5.58. The van der Waals surface area contributed by atoms with Gasteiger partial charge >= 0.3 is 12.2 Å². The van der Waals surface area contributed by atoms with E-state index in [9.17, 15) is 18.4 Å². The van der Waals surface area contributed by atoms with E-state index in [0.29, 0.717) is 11.5 Å². The van der Waals surface area contributed by atoms with Crippen LogP contribution >= 0.6 is 12.2 Å². The summed E-state index contributed by atoms with van der Waals surface area (Å²) in [6, 6.07) is 1.98. The van der Waals surface area contributed by atoms with Gasteiger partial charge < -0.3 is 14.8 Å². The molecule has 7 nitrogen and oxygen atoms in total. The summed E-state index contributed by atoms with van der Waals surface area (Å²) in [4.78, 5) is 26.0. The van der Waals surface area contributed by atoms with Crippen LogP contribution in [-0.4, -0.2) is 49.5 Å². The van der Waals surface area contributed by atoms with Crippen LogP contribution in [0.15, 0.2) is 12.1 Å². The van der Waals surface area contributed by atoms with Gasteiger partial charge in [-0.05, 0) is 6.92 Å². The maximum absolute atomic E-state index is 14.4. The van der Waals surface area contributed by atoms with Gasteiger partial charge in [0.1, 0.15) is 18.4 Å². The number of hydrogen-bond donors (Lipinski definition) is 1. The first-order chi connectivity index (χ1) is 11.9. The first-order valence-electron chi connectivity index (χ1n) is 7.52. The van der Waals surface area contributed by atoms with Gasteiger partial charge in [-0.1, -0.05) is 12.2 Å². The lowest BCUT2D eigenvalue weighted by Gasteiger charge is -2.18. The first kappa shape index (κ1) is 17.3. The van der Waals surface area contributed by atoms with E-state index in [4.69, 9.17) is 17.0 Å². The van der Waals surface area contributed by atoms with Crippen molar-refractivity contribution in [3.8, 4) is 0 Å². The summed E-state index contributed by atoms with van der Waals surface area (Å²) >= 11 is 4.89. The molecule has 2 fully saturated rings. The van der Waals surface area contributed by atoms with Gasteiger partial charge in [0, 0.05) is 12.1 Å². The van der Waals surface area contributed by atoms with Crippen LogP contribution in [0.25, 0.3) is 0 Å². The zero-order valence-electron chi connectivity index (χ0n) is 13.3. The standard InChI is InChI=1S/C15H15F2N3O4S/c1-8(25)18-6-10-7-20(15(22)24-10)9-4-11(16)13(12(17)5-9)19-2-3-23-14(19)21/h4-5,10H,2-3,6-7H2,1H3,(H,18,25). The van der Waals surface area contributed by atoms with E-state index >= 15 is 0 Å². The van der Waals surface area contributed by atoms with E-state index in [1.54, 1.807) is 6.92 Å². The smallest absolute Gasteiger partial charge is 0.414 e. The SMILES string of the molecule is CC(=S)NCC1CN(c2cc(F)c(N3CCOC3=O)c(F)c2)C(=O)O1. The number of rotatable bonds is 4. The molecule has 0 bridgehead atoms. The quantitative estimate of drug-likeness (QED) is 0.818. The molecule has 0 aliphatic carbocycles. The lowest BCUT2D eigenvalue weighted by atomic mass is 10.2. The fourth-order valence-corrected chi connectivity index (χ4v) is 2.74. The maximum Gasteiger partial charge on any atom is 0.414 e. The number of nitrogens with zero attached hydrogens (tertiary/aromatic N) is 2. The third kappa shape index (κ3) is 3.48. The molecule has 0 radical (unpaired) electrons. The summed E-state index contributed by atoms with van der Waals surface area (Å²) in [6.07, 6.45) is -2.02. The molecule has 2 heterocycles. The minimum absolute atomic E-state index is 0.0119. The Hall–Kier alpha value is -2.49. The van der Waals surface area contributed by atoms with Gasteiger partial charge in [0.05, 0.1) is 30.3 Å². The number of hydrogen-bond acceptors (Lipinski definition) is 5. The number of amides is 2. The average molecular weight is 371 g/mol. The summed E-state index contributed by atoms with van der Waals surface area (Å²) < 4.78 is 38.6. The van der Waals surface area contributed by atoms with E-state index < -0.39 is 35.6 Å². The Morgan fingerprint density at radius 3 is 2.52 bits per heavy atom. The van der Waals surface area contributed by atoms with Crippen LogP contribution in [0.1, 0.15) is 6.92 Å². The topological polar surface area (TPSA) is 71.1 Å². The molecular formula is C15H15F2N3O4S. The van der Waals surface area contributed by atoms with Gasteiger partial charge in [0.25, 0.3) is 0 Å². The van der Waals surface area contributed by atoms with E-state index in [1.165, 1.54) is 0 Å². The van der Waals surface area contributed by atoms with Gasteiger partial charge in [-0.15, -0.1) is 0 Å². The van der Waals surface area contributed by atoms with Crippen molar-refractivity contribution in [3.05, 3.63) is 23.8 Å². The molecule has 2 amide bonds. The largest absolute Gasteiger partial charge is 0.447 e. The number of benzene rings is 1. The fourth-order valence-electron chi connectivity index (χ4n) is 2.66. The highest BCUT2D eigenvalue weighted by molar-refractivity contribution is 7.80. The molecule has 3 rings (SSSR count). The Morgan fingerprint density at radius 2 is 1.96 bits per heavy atom. The Labute approximate surface area is 147 Å². The lowest BCUT2D eigenvalue weighted by Crippen LogP contribution is -2.32. The molecule has 2 aliphatic rings. The molecule has 0 saturated carbocycles. The second kappa shape index (κ2) is 6.79. The van der Waals surface area contributed by atoms with Crippen LogP contribution in [0.2, 0.25) is 0 Å². The molecule has 1 aromatic rings. The van der Waals surface area contributed by atoms with Crippen LogP contribution in [0.4, 0.5) is 29.7 Å². The van der Waals surface area contributed by atoms with Gasteiger partial charge in [-0.25, -0.2) is 18.4 Å². The highest BCUT2D eigenvalue weighted by atomic mass is 32.1. The molecule has 0 aromatic heterocycles. The highest BCUT2D eigenvalue weighted by Gasteiger charge is 2.35. The molecule has 1 unspecified atom stereocenters. The summed E-state index contributed by atoms with van der Waals surface area (Å²) in [5.41, 5.74) is -0.480. The first-order valence-corrected chi connectivity index (χ1v) is 7.93. The third-order valence-corrected chi connectivity index (χ3v) is 3.94. The van der Waals surface area contributed by atoms with Gasteiger partial charge in [0.2, 0.25) is 0 Å². The minimum atomic E-state index is -0.960. The molecule has 1 atom stereocenters. The van der Waals surface area contributed by atoms with Crippen LogP contribution in [-0.2, 0) is 9.47 Å². The molecule has 134 valence electrons. The molecule has 1 N–H and O–H groups in total. The number of thiocarbonyl (C=S) groups is 1. The molecular weight excluding hydrogens is 356 g/mol. The number of carbonyl (C=O) groups excluding carboxylic acids is 2. The molecule has 25 heavy (non-hydrogen) atoms. The molecule has 10 heteroatoms. The van der Waals surface area contributed by atoms with Gasteiger partial charge in [0.15, 0.2) is 11.6 Å². The van der Waals surface area contributed by atoms with E-state index in [0.717, 1.165) is 21.9 Å². The predicted octanol–water partition coefficient (Wildman–Crippen LogP) is 2.18. The number of nitrogens with one attached hydrogen (secondary N) is 1. The van der Waals surface area contributed by atoms with E-state index in [-0.39, 0.29) is 25.4 Å². The monoisotopic (exact) mass is 371 g/mol. The number of halogens is 2. The normalized spacial score (nSPS) is 19.9. The maximum atomic E-state index is 14.4. The summed E-state index contributed by atoms with van der Waals surface area (Å²) in [5, 5.41) is 2.88. The molecule has 2 aliphatic heterocycles. The zero-order valence-corrected chi connectivity index (χ0v) is 14.1. The van der Waals surface area contributed by atoms with Crippen molar-refractivity contribution in [1.29, 1.82) is 0 Å². The van der Waals surface area contributed by atoms with Gasteiger partial charge in [-0.3, -0.25) is 9.80 Å². The minimum Gasteiger partial charge on any atom is -0.447 e. The summed E-state index contributed by atoms with van der Waals surface area (Å²) in [7, 11) is 0. The number of carbonyl (C=O) groups is 2. The van der Waals surface area contributed by atoms with Crippen molar-refractivity contribution in [2.24, 2.45) is 0 Å². The third-order valence-electron chi connectivity index (χ3n) is 3.80. The Kier molecular flexibility index (Phi) is 4.71.